The number of nitrogens with zero attached hydrogens (tertiary/aromatic N) is 3. The minimum absolute atomic E-state index is 0.145. The Morgan fingerprint density at radius 1 is 1.00 bits per heavy atom. The van der Waals surface area contributed by atoms with Crippen LogP contribution in [0, 0.1) is 0 Å². The highest BCUT2D eigenvalue weighted by molar-refractivity contribution is 5.35. The van der Waals surface area contributed by atoms with E-state index in [4.69, 9.17) is 0 Å². The molecule has 0 unspecified atom stereocenters. The summed E-state index contributed by atoms with van der Waals surface area (Å²) in [5, 5.41) is 20.9. The SMILES string of the molecule is C[C@@H](N[C@H](C)c1cccc(O)c1)c1ccc(-n2ccnn2)cc1. The van der Waals surface area contributed by atoms with Gasteiger partial charge in [-0.3, -0.25) is 0 Å². The zero-order chi connectivity index (χ0) is 16.2. The van der Waals surface area contributed by atoms with Gasteiger partial charge >= 0.3 is 0 Å². The Balaban J connectivity index is 1.69. The van der Waals surface area contributed by atoms with Crippen LogP contribution in [0.4, 0.5) is 0 Å². The average Bonchev–Trinajstić information content (AvgIpc) is 3.09. The first-order valence-electron chi connectivity index (χ1n) is 7.65. The molecule has 0 aliphatic carbocycles. The lowest BCUT2D eigenvalue weighted by molar-refractivity contribution is 0.466. The summed E-state index contributed by atoms with van der Waals surface area (Å²) in [6.45, 7) is 4.22. The quantitative estimate of drug-likeness (QED) is 0.758. The van der Waals surface area contributed by atoms with E-state index in [1.165, 1.54) is 5.56 Å². The molecule has 0 aliphatic heterocycles. The van der Waals surface area contributed by atoms with Crippen LogP contribution < -0.4 is 5.32 Å². The minimum atomic E-state index is 0.145. The topological polar surface area (TPSA) is 63.0 Å². The lowest BCUT2D eigenvalue weighted by Gasteiger charge is -2.21. The van der Waals surface area contributed by atoms with Gasteiger partial charge < -0.3 is 10.4 Å². The van der Waals surface area contributed by atoms with Gasteiger partial charge in [0, 0.05) is 12.1 Å². The van der Waals surface area contributed by atoms with Gasteiger partial charge in [0.1, 0.15) is 5.75 Å². The summed E-state index contributed by atoms with van der Waals surface area (Å²) in [4.78, 5) is 0. The van der Waals surface area contributed by atoms with Gasteiger partial charge in [-0.25, -0.2) is 4.68 Å². The first-order chi connectivity index (χ1) is 11.1. The van der Waals surface area contributed by atoms with Crippen molar-refractivity contribution in [2.45, 2.75) is 25.9 Å². The Morgan fingerprint density at radius 2 is 1.74 bits per heavy atom. The van der Waals surface area contributed by atoms with Crippen molar-refractivity contribution in [1.29, 1.82) is 0 Å². The van der Waals surface area contributed by atoms with E-state index < -0.39 is 0 Å². The van der Waals surface area contributed by atoms with Gasteiger partial charge in [0.2, 0.25) is 0 Å². The fourth-order valence-electron chi connectivity index (χ4n) is 2.62. The fourth-order valence-corrected chi connectivity index (χ4v) is 2.62. The van der Waals surface area contributed by atoms with Crippen LogP contribution in [0.15, 0.2) is 60.9 Å². The van der Waals surface area contributed by atoms with Gasteiger partial charge in [0.25, 0.3) is 0 Å². The van der Waals surface area contributed by atoms with Crippen molar-refractivity contribution in [2.24, 2.45) is 0 Å². The first-order valence-corrected chi connectivity index (χ1v) is 7.65. The molecule has 0 amide bonds. The molecule has 0 bridgehead atoms. The predicted octanol–water partition coefficient (Wildman–Crippen LogP) is 3.38. The van der Waals surface area contributed by atoms with Crippen molar-refractivity contribution in [1.82, 2.24) is 20.3 Å². The molecule has 1 aromatic heterocycles. The predicted molar refractivity (Wildman–Crippen MR) is 89.4 cm³/mol. The van der Waals surface area contributed by atoms with Crippen molar-refractivity contribution in [3.05, 3.63) is 72.1 Å². The Labute approximate surface area is 135 Å². The minimum Gasteiger partial charge on any atom is -0.508 e. The summed E-state index contributed by atoms with van der Waals surface area (Å²) in [6.07, 6.45) is 3.48. The molecule has 1 heterocycles. The molecule has 0 saturated carbocycles. The number of phenolic OH excluding ortho intramolecular Hbond substituents is 1. The molecule has 3 aromatic rings. The second-order valence-electron chi connectivity index (χ2n) is 5.64. The molecule has 0 fully saturated rings. The number of aromatic hydroxyl groups is 1. The maximum absolute atomic E-state index is 9.59. The summed E-state index contributed by atoms with van der Waals surface area (Å²) >= 11 is 0. The molecule has 0 spiro atoms. The smallest absolute Gasteiger partial charge is 0.115 e. The van der Waals surface area contributed by atoms with Crippen molar-refractivity contribution < 1.29 is 5.11 Å². The van der Waals surface area contributed by atoms with Gasteiger partial charge in [-0.2, -0.15) is 0 Å². The van der Waals surface area contributed by atoms with Crippen molar-refractivity contribution >= 4 is 0 Å². The zero-order valence-electron chi connectivity index (χ0n) is 13.2. The monoisotopic (exact) mass is 308 g/mol. The van der Waals surface area contributed by atoms with Crippen LogP contribution in [0.25, 0.3) is 5.69 Å². The number of rotatable bonds is 5. The molecule has 2 N–H and O–H groups in total. The van der Waals surface area contributed by atoms with Crippen molar-refractivity contribution in [2.75, 3.05) is 0 Å². The molecule has 0 saturated heterocycles. The normalized spacial score (nSPS) is 13.7. The average molecular weight is 308 g/mol. The van der Waals surface area contributed by atoms with E-state index in [0.717, 1.165) is 11.3 Å². The summed E-state index contributed by atoms with van der Waals surface area (Å²) in [6, 6.07) is 15.9. The molecule has 0 radical (unpaired) electrons. The van der Waals surface area contributed by atoms with Crippen LogP contribution in [0.1, 0.15) is 37.1 Å². The first kappa shape index (κ1) is 15.2. The molecule has 23 heavy (non-hydrogen) atoms. The number of benzene rings is 2. The molecular formula is C18H20N4O. The third-order valence-electron chi connectivity index (χ3n) is 3.95. The summed E-state index contributed by atoms with van der Waals surface area (Å²) < 4.78 is 1.73. The van der Waals surface area contributed by atoms with Crippen molar-refractivity contribution in [3.63, 3.8) is 0 Å². The number of hydrogen-bond acceptors (Lipinski definition) is 4. The third kappa shape index (κ3) is 3.57. The highest BCUT2D eigenvalue weighted by Crippen LogP contribution is 2.22. The third-order valence-corrected chi connectivity index (χ3v) is 3.95. The molecule has 3 rings (SSSR count). The second kappa shape index (κ2) is 6.62. The number of hydrogen-bond donors (Lipinski definition) is 2. The van der Waals surface area contributed by atoms with E-state index in [1.54, 1.807) is 23.0 Å². The maximum atomic E-state index is 9.59. The van der Waals surface area contributed by atoms with Crippen molar-refractivity contribution in [3.8, 4) is 11.4 Å². The number of aromatic nitrogens is 3. The van der Waals surface area contributed by atoms with E-state index in [1.807, 2.05) is 30.5 Å². The molecule has 5 heteroatoms. The van der Waals surface area contributed by atoms with Crippen LogP contribution in [-0.2, 0) is 0 Å². The van der Waals surface area contributed by atoms with Gasteiger partial charge in [-0.1, -0.05) is 29.5 Å². The maximum Gasteiger partial charge on any atom is 0.115 e. The summed E-state index contributed by atoms with van der Waals surface area (Å²) in [5.74, 6) is 0.293. The molecule has 2 aromatic carbocycles. The van der Waals surface area contributed by atoms with E-state index in [0.29, 0.717) is 5.75 Å². The van der Waals surface area contributed by atoms with E-state index >= 15 is 0 Å². The van der Waals surface area contributed by atoms with Crippen LogP contribution in [-0.4, -0.2) is 20.1 Å². The Hall–Kier alpha value is -2.66. The highest BCUT2D eigenvalue weighted by Gasteiger charge is 2.11. The lowest BCUT2D eigenvalue weighted by atomic mass is 10.0. The number of phenols is 1. The van der Waals surface area contributed by atoms with E-state index in [2.05, 4.69) is 41.6 Å². The van der Waals surface area contributed by atoms with E-state index in [9.17, 15) is 5.11 Å². The Kier molecular flexibility index (Phi) is 4.39. The Morgan fingerprint density at radius 3 is 2.39 bits per heavy atom. The fraction of sp³-hybridized carbons (Fsp3) is 0.222. The van der Waals surface area contributed by atoms with Gasteiger partial charge in [-0.05, 0) is 49.2 Å². The molecule has 2 atom stereocenters. The zero-order valence-corrected chi connectivity index (χ0v) is 13.2. The molecular weight excluding hydrogens is 288 g/mol. The van der Waals surface area contributed by atoms with Crippen LogP contribution in [0.2, 0.25) is 0 Å². The summed E-state index contributed by atoms with van der Waals surface area (Å²) in [5.41, 5.74) is 3.25. The largest absolute Gasteiger partial charge is 0.508 e. The van der Waals surface area contributed by atoms with E-state index in [-0.39, 0.29) is 12.1 Å². The van der Waals surface area contributed by atoms with Gasteiger partial charge in [0.15, 0.2) is 0 Å². The van der Waals surface area contributed by atoms with Crippen LogP contribution in [0.5, 0.6) is 5.75 Å². The standard InChI is InChI=1S/C18H20N4O/c1-13(20-14(2)16-4-3-5-18(23)12-16)15-6-8-17(9-7-15)22-11-10-19-21-22/h3-14,20,23H,1-2H3/t13-,14-/m1/s1. The molecule has 5 nitrogen and oxygen atoms in total. The van der Waals surface area contributed by atoms with Gasteiger partial charge in [0.05, 0.1) is 18.1 Å². The summed E-state index contributed by atoms with van der Waals surface area (Å²) in [7, 11) is 0. The lowest BCUT2D eigenvalue weighted by Crippen LogP contribution is -2.22. The number of nitrogens with one attached hydrogen (secondary N) is 1. The highest BCUT2D eigenvalue weighted by atomic mass is 16.3. The molecule has 0 aliphatic rings. The second-order valence-corrected chi connectivity index (χ2v) is 5.64. The molecule has 118 valence electrons. The Bertz CT molecular complexity index is 753. The van der Waals surface area contributed by atoms with Gasteiger partial charge in [-0.15, -0.1) is 5.10 Å². The van der Waals surface area contributed by atoms with Crippen LogP contribution >= 0.6 is 0 Å². The van der Waals surface area contributed by atoms with Crippen LogP contribution in [0.3, 0.4) is 0 Å².